The summed E-state index contributed by atoms with van der Waals surface area (Å²) >= 11 is 0. The molecule has 4 aromatic heterocycles. The van der Waals surface area contributed by atoms with Gasteiger partial charge in [-0.15, -0.1) is 0 Å². The zero-order chi connectivity index (χ0) is 17.4. The van der Waals surface area contributed by atoms with Crippen LogP contribution in [0.4, 0.5) is 0 Å². The number of nitrogens with zero attached hydrogens (tertiary/aromatic N) is 3. The molecule has 0 radical (unpaired) electrons. The Morgan fingerprint density at radius 2 is 1.56 bits per heavy atom. The molecule has 0 aromatic carbocycles. The van der Waals surface area contributed by atoms with Crippen molar-refractivity contribution in [1.82, 2.24) is 19.9 Å². The second-order valence-electron chi connectivity index (χ2n) is 6.99. The molecule has 4 rings (SSSR count). The number of rotatable bonds is 4. The molecule has 0 aliphatic rings. The Kier molecular flexibility index (Phi) is 3.96. The van der Waals surface area contributed by atoms with Gasteiger partial charge in [0.1, 0.15) is 5.65 Å². The fourth-order valence-corrected chi connectivity index (χ4v) is 3.14. The van der Waals surface area contributed by atoms with Crippen LogP contribution in [0.5, 0.6) is 0 Å². The van der Waals surface area contributed by atoms with Crippen LogP contribution in [0, 0.1) is 0 Å². The molecule has 1 unspecified atom stereocenters. The molecule has 0 fully saturated rings. The highest BCUT2D eigenvalue weighted by atomic mass is 14.9. The van der Waals surface area contributed by atoms with Crippen LogP contribution in [0.1, 0.15) is 49.7 Å². The molecule has 25 heavy (non-hydrogen) atoms. The molecule has 4 heteroatoms. The topological polar surface area (TPSA) is 54.5 Å². The highest BCUT2D eigenvalue weighted by Crippen LogP contribution is 2.22. The normalized spacial score (nSPS) is 13.0. The monoisotopic (exact) mass is 330 g/mol. The summed E-state index contributed by atoms with van der Waals surface area (Å²) in [7, 11) is 0. The molecule has 4 aromatic rings. The largest absolute Gasteiger partial charge is 0.346 e. The minimum atomic E-state index is 0.306. The van der Waals surface area contributed by atoms with Crippen LogP contribution in [0.2, 0.25) is 0 Å². The van der Waals surface area contributed by atoms with E-state index in [1.54, 1.807) is 0 Å². The van der Waals surface area contributed by atoms with Gasteiger partial charge in [0, 0.05) is 34.6 Å². The van der Waals surface area contributed by atoms with Crippen molar-refractivity contribution < 1.29 is 0 Å². The quantitative estimate of drug-likeness (QED) is 0.574. The Morgan fingerprint density at radius 1 is 0.800 bits per heavy atom. The van der Waals surface area contributed by atoms with Crippen molar-refractivity contribution in [3.05, 3.63) is 65.7 Å². The standard InChI is InChI=1S/C21H22N4/c1-13(2)17-8-9-19-20(24-17)7-5-16(23-19)12-14(3)18-6-4-15-10-11-22-21(15)25-18/h4-11,13-14H,12H2,1-3H3,(H,22,25). The predicted molar refractivity (Wildman–Crippen MR) is 102 cm³/mol. The first-order valence-electron chi connectivity index (χ1n) is 8.81. The lowest BCUT2D eigenvalue weighted by Gasteiger charge is -2.12. The molecule has 0 spiro atoms. The van der Waals surface area contributed by atoms with Crippen molar-refractivity contribution in [1.29, 1.82) is 0 Å². The first kappa shape index (κ1) is 15.8. The SMILES string of the molecule is CC(C)c1ccc2nc(CC(C)c3ccc4cc[nH]c4n3)ccc2n1. The van der Waals surface area contributed by atoms with Crippen LogP contribution >= 0.6 is 0 Å². The maximum Gasteiger partial charge on any atom is 0.137 e. The predicted octanol–water partition coefficient (Wildman–Crippen LogP) is 4.98. The van der Waals surface area contributed by atoms with Crippen LogP contribution in [-0.4, -0.2) is 19.9 Å². The highest BCUT2D eigenvalue weighted by Gasteiger charge is 2.11. The van der Waals surface area contributed by atoms with Crippen molar-refractivity contribution in [2.24, 2.45) is 0 Å². The average Bonchev–Trinajstić information content (AvgIpc) is 3.08. The smallest absolute Gasteiger partial charge is 0.137 e. The molecule has 0 saturated carbocycles. The van der Waals surface area contributed by atoms with Gasteiger partial charge in [0.05, 0.1) is 11.0 Å². The average molecular weight is 330 g/mol. The van der Waals surface area contributed by atoms with Crippen LogP contribution in [0.15, 0.2) is 48.7 Å². The second kappa shape index (κ2) is 6.28. The lowest BCUT2D eigenvalue weighted by molar-refractivity contribution is 0.720. The molecule has 0 amide bonds. The fourth-order valence-electron chi connectivity index (χ4n) is 3.14. The lowest BCUT2D eigenvalue weighted by atomic mass is 10.00. The van der Waals surface area contributed by atoms with E-state index in [4.69, 9.17) is 15.0 Å². The van der Waals surface area contributed by atoms with Gasteiger partial charge in [-0.2, -0.15) is 0 Å². The summed E-state index contributed by atoms with van der Waals surface area (Å²) in [6.45, 7) is 6.51. The molecule has 1 atom stereocenters. The summed E-state index contributed by atoms with van der Waals surface area (Å²) in [6, 6.07) is 14.6. The number of fused-ring (bicyclic) bond motifs is 2. The maximum absolute atomic E-state index is 4.80. The summed E-state index contributed by atoms with van der Waals surface area (Å²) in [4.78, 5) is 17.4. The second-order valence-corrected chi connectivity index (χ2v) is 6.99. The van der Waals surface area contributed by atoms with Gasteiger partial charge in [0.15, 0.2) is 0 Å². The number of aromatic amines is 1. The van der Waals surface area contributed by atoms with Crippen LogP contribution < -0.4 is 0 Å². The molecule has 0 saturated heterocycles. The molecular weight excluding hydrogens is 308 g/mol. The molecular formula is C21H22N4. The summed E-state index contributed by atoms with van der Waals surface area (Å²) in [5, 5.41) is 1.15. The zero-order valence-corrected chi connectivity index (χ0v) is 14.8. The number of nitrogens with one attached hydrogen (secondary N) is 1. The summed E-state index contributed by atoms with van der Waals surface area (Å²) < 4.78 is 0. The van der Waals surface area contributed by atoms with Gasteiger partial charge in [-0.3, -0.25) is 9.97 Å². The Bertz CT molecular complexity index is 1030. The van der Waals surface area contributed by atoms with Crippen LogP contribution in [-0.2, 0) is 6.42 Å². The van der Waals surface area contributed by atoms with Gasteiger partial charge in [-0.1, -0.05) is 20.8 Å². The Balaban J connectivity index is 1.59. The minimum absolute atomic E-state index is 0.306. The summed E-state index contributed by atoms with van der Waals surface area (Å²) in [5.74, 6) is 0.735. The van der Waals surface area contributed by atoms with Gasteiger partial charge in [-0.25, -0.2) is 4.98 Å². The Morgan fingerprint density at radius 3 is 2.40 bits per heavy atom. The molecule has 126 valence electrons. The first-order chi connectivity index (χ1) is 12.1. The van der Waals surface area contributed by atoms with Crippen LogP contribution in [0.3, 0.4) is 0 Å². The molecule has 4 heterocycles. The number of hydrogen-bond acceptors (Lipinski definition) is 3. The Hall–Kier alpha value is -2.75. The van der Waals surface area contributed by atoms with Crippen molar-refractivity contribution in [2.45, 2.75) is 39.0 Å². The van der Waals surface area contributed by atoms with E-state index in [2.05, 4.69) is 62.2 Å². The molecule has 4 nitrogen and oxygen atoms in total. The van der Waals surface area contributed by atoms with E-state index >= 15 is 0 Å². The third-order valence-corrected chi connectivity index (χ3v) is 4.66. The molecule has 0 bridgehead atoms. The lowest BCUT2D eigenvalue weighted by Crippen LogP contribution is -2.03. The van der Waals surface area contributed by atoms with E-state index in [1.807, 2.05) is 12.3 Å². The van der Waals surface area contributed by atoms with Gasteiger partial charge in [0.2, 0.25) is 0 Å². The molecule has 1 N–H and O–H groups in total. The van der Waals surface area contributed by atoms with Crippen molar-refractivity contribution in [3.63, 3.8) is 0 Å². The van der Waals surface area contributed by atoms with E-state index in [9.17, 15) is 0 Å². The zero-order valence-electron chi connectivity index (χ0n) is 14.8. The van der Waals surface area contributed by atoms with Gasteiger partial charge in [-0.05, 0) is 54.8 Å². The van der Waals surface area contributed by atoms with E-state index in [1.165, 1.54) is 0 Å². The van der Waals surface area contributed by atoms with E-state index < -0.39 is 0 Å². The van der Waals surface area contributed by atoms with Gasteiger partial charge >= 0.3 is 0 Å². The number of H-pyrrole nitrogens is 1. The number of hydrogen-bond donors (Lipinski definition) is 1. The first-order valence-corrected chi connectivity index (χ1v) is 8.81. The minimum Gasteiger partial charge on any atom is -0.346 e. The fraction of sp³-hybridized carbons (Fsp3) is 0.286. The van der Waals surface area contributed by atoms with Gasteiger partial charge < -0.3 is 4.98 Å². The molecule has 0 aliphatic heterocycles. The van der Waals surface area contributed by atoms with E-state index in [0.29, 0.717) is 11.8 Å². The summed E-state index contributed by atoms with van der Waals surface area (Å²) in [5.41, 5.74) is 6.15. The van der Waals surface area contributed by atoms with E-state index in [0.717, 1.165) is 45.6 Å². The maximum atomic E-state index is 4.80. The third kappa shape index (κ3) is 3.12. The third-order valence-electron chi connectivity index (χ3n) is 4.66. The number of aromatic nitrogens is 4. The Labute approximate surface area is 147 Å². The number of pyridine rings is 3. The highest BCUT2D eigenvalue weighted by molar-refractivity contribution is 5.75. The van der Waals surface area contributed by atoms with E-state index in [-0.39, 0.29) is 0 Å². The van der Waals surface area contributed by atoms with Crippen molar-refractivity contribution >= 4 is 22.1 Å². The van der Waals surface area contributed by atoms with Gasteiger partial charge in [0.25, 0.3) is 0 Å². The molecule has 0 aliphatic carbocycles. The van der Waals surface area contributed by atoms with Crippen molar-refractivity contribution in [3.8, 4) is 0 Å². The summed E-state index contributed by atoms with van der Waals surface area (Å²) in [6.07, 6.45) is 2.79. The van der Waals surface area contributed by atoms with Crippen molar-refractivity contribution in [2.75, 3.05) is 0 Å². The van der Waals surface area contributed by atoms with Crippen LogP contribution in [0.25, 0.3) is 22.1 Å².